The number of aliphatic hydroxyl groups is 1. The van der Waals surface area contributed by atoms with E-state index in [0.717, 1.165) is 30.4 Å². The van der Waals surface area contributed by atoms with Gasteiger partial charge in [-0.2, -0.15) is 0 Å². The first-order valence-electron chi connectivity index (χ1n) is 8.90. The quantitative estimate of drug-likeness (QED) is 0.595. The van der Waals surface area contributed by atoms with Crippen LogP contribution in [0.4, 0.5) is 0 Å². The number of carbonyl (C=O) groups excluding carboxylic acids is 2. The molecule has 3 rings (SSSR count). The van der Waals surface area contributed by atoms with Crippen LogP contribution >= 0.6 is 0 Å². The van der Waals surface area contributed by atoms with E-state index in [4.69, 9.17) is 0 Å². The van der Waals surface area contributed by atoms with Crippen molar-refractivity contribution in [1.29, 1.82) is 0 Å². The van der Waals surface area contributed by atoms with Gasteiger partial charge in [0.05, 0.1) is 5.92 Å². The van der Waals surface area contributed by atoms with E-state index in [-0.39, 0.29) is 23.5 Å². The molecule has 6 atom stereocenters. The zero-order chi connectivity index (χ0) is 17.1. The van der Waals surface area contributed by atoms with Crippen molar-refractivity contribution in [3.63, 3.8) is 0 Å². The molecule has 0 saturated heterocycles. The van der Waals surface area contributed by atoms with Gasteiger partial charge in [-0.1, -0.05) is 32.4 Å². The lowest BCUT2D eigenvalue weighted by molar-refractivity contribution is -0.148. The number of allylic oxidation sites excluding steroid dienone is 2. The van der Waals surface area contributed by atoms with Crippen molar-refractivity contribution in [1.82, 2.24) is 0 Å². The molecule has 1 saturated carbocycles. The smallest absolute Gasteiger partial charge is 0.225 e. The van der Waals surface area contributed by atoms with Gasteiger partial charge < -0.3 is 5.11 Å². The van der Waals surface area contributed by atoms with Crippen LogP contribution in [0.2, 0.25) is 0 Å². The Labute approximate surface area is 138 Å². The molecule has 126 valence electrons. The van der Waals surface area contributed by atoms with Gasteiger partial charge in [-0.25, -0.2) is 0 Å². The zero-order valence-electron chi connectivity index (χ0n) is 14.8. The van der Waals surface area contributed by atoms with Crippen molar-refractivity contribution in [2.24, 2.45) is 29.6 Å². The van der Waals surface area contributed by atoms with E-state index < -0.39 is 17.3 Å². The van der Waals surface area contributed by atoms with Crippen LogP contribution in [0.15, 0.2) is 22.8 Å². The lowest BCUT2D eigenvalue weighted by atomic mass is 9.51. The summed E-state index contributed by atoms with van der Waals surface area (Å²) in [6.07, 6.45) is 4.93. The molecule has 1 fully saturated rings. The summed E-state index contributed by atoms with van der Waals surface area (Å²) in [5, 5.41) is 11.7. The maximum Gasteiger partial charge on any atom is 0.225 e. The Balaban J connectivity index is 2.28. The Bertz CT molecular complexity index is 623. The fourth-order valence-corrected chi connectivity index (χ4v) is 5.24. The van der Waals surface area contributed by atoms with Gasteiger partial charge in [0, 0.05) is 11.5 Å². The molecule has 0 aromatic rings. The van der Waals surface area contributed by atoms with Crippen molar-refractivity contribution in [3.8, 4) is 0 Å². The summed E-state index contributed by atoms with van der Waals surface area (Å²) in [6, 6.07) is 0. The van der Waals surface area contributed by atoms with Gasteiger partial charge in [0.1, 0.15) is 5.60 Å². The molecule has 3 aliphatic carbocycles. The predicted octanol–water partition coefficient (Wildman–Crippen LogP) is 3.47. The summed E-state index contributed by atoms with van der Waals surface area (Å²) in [7, 11) is 0. The minimum atomic E-state index is -1.18. The fourth-order valence-electron chi connectivity index (χ4n) is 5.24. The molecule has 0 aromatic heterocycles. The van der Waals surface area contributed by atoms with Crippen LogP contribution in [0.5, 0.6) is 0 Å². The van der Waals surface area contributed by atoms with E-state index >= 15 is 0 Å². The number of Topliss-reactive ketones (excluding diaryl/α,β-unsaturated/α-hetero) is 2. The van der Waals surface area contributed by atoms with Gasteiger partial charge in [-0.05, 0) is 56.4 Å². The topological polar surface area (TPSA) is 54.4 Å². The molecule has 0 amide bonds. The Hall–Kier alpha value is -1.22. The zero-order valence-corrected chi connectivity index (χ0v) is 14.8. The monoisotopic (exact) mass is 316 g/mol. The van der Waals surface area contributed by atoms with Crippen LogP contribution in [-0.2, 0) is 9.59 Å². The summed E-state index contributed by atoms with van der Waals surface area (Å²) >= 11 is 0. The van der Waals surface area contributed by atoms with E-state index in [2.05, 4.69) is 13.0 Å². The highest BCUT2D eigenvalue weighted by Gasteiger charge is 2.60. The molecule has 23 heavy (non-hydrogen) atoms. The second-order valence-electron chi connectivity index (χ2n) is 8.22. The molecule has 0 heterocycles. The van der Waals surface area contributed by atoms with Crippen molar-refractivity contribution < 1.29 is 14.7 Å². The molecular weight excluding hydrogens is 288 g/mol. The normalized spacial score (nSPS) is 43.3. The summed E-state index contributed by atoms with van der Waals surface area (Å²) in [4.78, 5) is 25.2. The van der Waals surface area contributed by atoms with Crippen molar-refractivity contribution in [3.05, 3.63) is 22.8 Å². The third-order valence-corrected chi connectivity index (χ3v) is 6.43. The molecule has 3 heteroatoms. The van der Waals surface area contributed by atoms with E-state index in [1.165, 1.54) is 0 Å². The van der Waals surface area contributed by atoms with Crippen molar-refractivity contribution >= 4 is 11.6 Å². The van der Waals surface area contributed by atoms with Crippen LogP contribution in [0.25, 0.3) is 0 Å². The van der Waals surface area contributed by atoms with E-state index in [1.54, 1.807) is 6.92 Å². The fraction of sp³-hybridized carbons (Fsp3) is 0.700. The summed E-state index contributed by atoms with van der Waals surface area (Å²) in [5.41, 5.74) is 1.53. The minimum absolute atomic E-state index is 0.0781. The van der Waals surface area contributed by atoms with Gasteiger partial charge in [-0.15, -0.1) is 0 Å². The third kappa shape index (κ3) is 2.20. The number of carbonyl (C=O) groups is 2. The second kappa shape index (κ2) is 5.41. The van der Waals surface area contributed by atoms with Crippen LogP contribution in [-0.4, -0.2) is 22.3 Å². The Morgan fingerprint density at radius 3 is 2.43 bits per heavy atom. The van der Waals surface area contributed by atoms with Gasteiger partial charge in [-0.3, -0.25) is 9.59 Å². The molecular formula is C20H28O3. The SMILES string of the molecule is CC(C)=CC1C[C@H](C)[C@H]2CC[C@H](C)C3=C2C1(O)C(C)C(=O)C3=O. The van der Waals surface area contributed by atoms with E-state index in [0.29, 0.717) is 11.5 Å². The lowest BCUT2D eigenvalue weighted by Gasteiger charge is -2.55. The maximum absolute atomic E-state index is 12.7. The van der Waals surface area contributed by atoms with Crippen LogP contribution < -0.4 is 0 Å². The molecule has 3 nitrogen and oxygen atoms in total. The van der Waals surface area contributed by atoms with E-state index in [9.17, 15) is 14.7 Å². The van der Waals surface area contributed by atoms with Gasteiger partial charge in [0.15, 0.2) is 0 Å². The number of ketones is 2. The van der Waals surface area contributed by atoms with Gasteiger partial charge in [0.2, 0.25) is 11.6 Å². The van der Waals surface area contributed by atoms with Gasteiger partial charge >= 0.3 is 0 Å². The number of hydrogen-bond acceptors (Lipinski definition) is 3. The minimum Gasteiger partial charge on any atom is -0.384 e. The molecule has 0 bridgehead atoms. The summed E-state index contributed by atoms with van der Waals surface area (Å²) in [6.45, 7) is 10.0. The van der Waals surface area contributed by atoms with Crippen molar-refractivity contribution in [2.75, 3.05) is 0 Å². The first-order chi connectivity index (χ1) is 10.7. The van der Waals surface area contributed by atoms with Crippen molar-refractivity contribution in [2.45, 2.75) is 59.5 Å². The third-order valence-electron chi connectivity index (χ3n) is 6.43. The summed E-state index contributed by atoms with van der Waals surface area (Å²) < 4.78 is 0. The second-order valence-corrected chi connectivity index (χ2v) is 8.22. The highest BCUT2D eigenvalue weighted by atomic mass is 16.3. The molecule has 0 radical (unpaired) electrons. The first kappa shape index (κ1) is 16.6. The largest absolute Gasteiger partial charge is 0.384 e. The Kier molecular flexibility index (Phi) is 3.91. The standard InChI is InChI=1S/C20H28O3/c1-10(2)8-14-9-12(4)15-7-6-11(3)16-17(15)20(14,23)13(5)18(21)19(16)22/h8,11-15,23H,6-7,9H2,1-5H3/t11-,12-,13?,14?,15+,20?/m0/s1. The molecule has 1 N–H and O–H groups in total. The molecule has 0 aliphatic heterocycles. The number of rotatable bonds is 1. The van der Waals surface area contributed by atoms with Crippen LogP contribution in [0.1, 0.15) is 53.9 Å². The van der Waals surface area contributed by atoms with Crippen LogP contribution in [0, 0.1) is 29.6 Å². The maximum atomic E-state index is 12.7. The molecule has 3 unspecified atom stereocenters. The first-order valence-corrected chi connectivity index (χ1v) is 8.90. The van der Waals surface area contributed by atoms with E-state index in [1.807, 2.05) is 20.8 Å². The highest BCUT2D eigenvalue weighted by molar-refractivity contribution is 6.45. The summed E-state index contributed by atoms with van der Waals surface area (Å²) in [5.74, 6) is -0.709. The Morgan fingerprint density at radius 2 is 1.83 bits per heavy atom. The Morgan fingerprint density at radius 1 is 1.17 bits per heavy atom. The average Bonchev–Trinajstić information content (AvgIpc) is 2.48. The van der Waals surface area contributed by atoms with Crippen LogP contribution in [0.3, 0.4) is 0 Å². The lowest BCUT2D eigenvalue weighted by Crippen LogP contribution is -2.60. The van der Waals surface area contributed by atoms with Gasteiger partial charge in [0.25, 0.3) is 0 Å². The number of hydrogen-bond donors (Lipinski definition) is 1. The highest BCUT2D eigenvalue weighted by Crippen LogP contribution is 2.57. The molecule has 0 spiro atoms. The predicted molar refractivity (Wildman–Crippen MR) is 89.7 cm³/mol. The average molecular weight is 316 g/mol. The molecule has 3 aliphatic rings. The molecule has 0 aromatic carbocycles.